The number of benzene rings is 1. The molecule has 1 aromatic carbocycles. The summed E-state index contributed by atoms with van der Waals surface area (Å²) in [6.07, 6.45) is -1.35. The van der Waals surface area contributed by atoms with Crippen LogP contribution in [0, 0.1) is 0 Å². The molecule has 0 radical (unpaired) electrons. The van der Waals surface area contributed by atoms with Gasteiger partial charge in [0.1, 0.15) is 5.75 Å². The van der Waals surface area contributed by atoms with Gasteiger partial charge < -0.3 is 19.9 Å². The van der Waals surface area contributed by atoms with E-state index in [9.17, 15) is 18.0 Å². The van der Waals surface area contributed by atoms with Crippen molar-refractivity contribution in [3.05, 3.63) is 42.7 Å². The van der Waals surface area contributed by atoms with Gasteiger partial charge in [-0.1, -0.05) is 0 Å². The largest absolute Gasteiger partial charge is 0.573 e. The molecule has 2 aromatic rings. The number of halogens is 3. The van der Waals surface area contributed by atoms with Crippen LogP contribution in [0.5, 0.6) is 5.75 Å². The first-order chi connectivity index (χ1) is 12.9. The first-order valence-electron chi connectivity index (χ1n) is 8.40. The van der Waals surface area contributed by atoms with Crippen LogP contribution < -0.4 is 19.9 Å². The quantitative estimate of drug-likeness (QED) is 0.798. The summed E-state index contributed by atoms with van der Waals surface area (Å²) in [5.41, 5.74) is 0.422. The number of hydrogen-bond donors (Lipinski definition) is 2. The van der Waals surface area contributed by atoms with E-state index in [1.54, 1.807) is 18.5 Å². The molecule has 1 saturated heterocycles. The average molecular weight is 382 g/mol. The van der Waals surface area contributed by atoms with Crippen molar-refractivity contribution < 1.29 is 27.6 Å². The molecule has 1 aromatic heterocycles. The lowest BCUT2D eigenvalue weighted by molar-refractivity contribution is -0.892. The SMILES string of the molecule is O=C(C[NH+]1CCN(c2ncccn2)CC1)Nc1ccc(OC(F)(F)F)cc1. The maximum absolute atomic E-state index is 12.2. The zero-order valence-electron chi connectivity index (χ0n) is 14.4. The van der Waals surface area contributed by atoms with Gasteiger partial charge in [-0.15, -0.1) is 13.2 Å². The minimum Gasteiger partial charge on any atom is -0.406 e. The van der Waals surface area contributed by atoms with Gasteiger partial charge in [0, 0.05) is 18.1 Å². The Hall–Kier alpha value is -2.88. The number of amides is 1. The molecule has 3 rings (SSSR count). The van der Waals surface area contributed by atoms with Gasteiger partial charge in [0.05, 0.1) is 26.2 Å². The fraction of sp³-hybridized carbons (Fsp3) is 0.353. The predicted molar refractivity (Wildman–Crippen MR) is 91.6 cm³/mol. The number of hydrogen-bond acceptors (Lipinski definition) is 5. The molecule has 0 atom stereocenters. The number of anilines is 2. The van der Waals surface area contributed by atoms with E-state index in [0.717, 1.165) is 43.2 Å². The monoisotopic (exact) mass is 382 g/mol. The number of quaternary nitrogens is 1. The standard InChI is InChI=1S/C17H18F3N5O2/c18-17(19,20)27-14-4-2-13(3-5-14)23-15(26)12-24-8-10-25(11-9-24)16-21-6-1-7-22-16/h1-7H,8-12H2,(H,23,26)/p+1. The summed E-state index contributed by atoms with van der Waals surface area (Å²) < 4.78 is 40.2. The smallest absolute Gasteiger partial charge is 0.406 e. The van der Waals surface area contributed by atoms with Crippen molar-refractivity contribution in [2.75, 3.05) is 42.9 Å². The molecular weight excluding hydrogens is 363 g/mol. The van der Waals surface area contributed by atoms with Crippen LogP contribution in [0.4, 0.5) is 24.8 Å². The Kier molecular flexibility index (Phi) is 5.75. The van der Waals surface area contributed by atoms with E-state index in [-0.39, 0.29) is 18.2 Å². The van der Waals surface area contributed by atoms with Crippen LogP contribution in [0.15, 0.2) is 42.7 Å². The molecule has 1 amide bonds. The third kappa shape index (κ3) is 5.81. The zero-order chi connectivity index (χ0) is 19.3. The van der Waals surface area contributed by atoms with E-state index in [1.165, 1.54) is 12.1 Å². The topological polar surface area (TPSA) is 71.8 Å². The van der Waals surface area contributed by atoms with E-state index in [0.29, 0.717) is 11.6 Å². The van der Waals surface area contributed by atoms with Crippen LogP contribution in [-0.4, -0.2) is 55.0 Å². The number of ether oxygens (including phenoxy) is 1. The minimum absolute atomic E-state index is 0.195. The summed E-state index contributed by atoms with van der Waals surface area (Å²) in [7, 11) is 0. The summed E-state index contributed by atoms with van der Waals surface area (Å²) in [6.45, 7) is 3.31. The number of nitrogens with one attached hydrogen (secondary N) is 2. The minimum atomic E-state index is -4.74. The highest BCUT2D eigenvalue weighted by Crippen LogP contribution is 2.23. The van der Waals surface area contributed by atoms with E-state index in [4.69, 9.17) is 0 Å². The summed E-state index contributed by atoms with van der Waals surface area (Å²) >= 11 is 0. The van der Waals surface area contributed by atoms with Crippen molar-refractivity contribution in [3.8, 4) is 5.75 Å². The third-order valence-corrected chi connectivity index (χ3v) is 4.09. The van der Waals surface area contributed by atoms with Crippen molar-refractivity contribution in [2.45, 2.75) is 6.36 Å². The van der Waals surface area contributed by atoms with Gasteiger partial charge >= 0.3 is 6.36 Å². The number of alkyl halides is 3. The second-order valence-corrected chi connectivity index (χ2v) is 6.08. The lowest BCUT2D eigenvalue weighted by Crippen LogP contribution is -3.15. The Labute approximate surface area is 153 Å². The molecule has 1 aliphatic heterocycles. The Morgan fingerprint density at radius 3 is 2.37 bits per heavy atom. The number of carbonyl (C=O) groups excluding carboxylic acids is 1. The summed E-state index contributed by atoms with van der Waals surface area (Å²) in [5.74, 6) is 0.159. The third-order valence-electron chi connectivity index (χ3n) is 4.09. The fourth-order valence-corrected chi connectivity index (χ4v) is 2.83. The van der Waals surface area contributed by atoms with Crippen LogP contribution in [0.1, 0.15) is 0 Å². The van der Waals surface area contributed by atoms with E-state index in [1.807, 2.05) is 0 Å². The number of piperazine rings is 1. The number of nitrogens with zero attached hydrogens (tertiary/aromatic N) is 3. The number of carbonyl (C=O) groups is 1. The summed E-state index contributed by atoms with van der Waals surface area (Å²) in [5, 5.41) is 2.69. The van der Waals surface area contributed by atoms with Crippen LogP contribution in [0.3, 0.4) is 0 Å². The lowest BCUT2D eigenvalue weighted by Gasteiger charge is -2.31. The van der Waals surface area contributed by atoms with Crippen molar-refractivity contribution in [1.82, 2.24) is 9.97 Å². The predicted octanol–water partition coefficient (Wildman–Crippen LogP) is 0.719. The van der Waals surface area contributed by atoms with Crippen molar-refractivity contribution in [2.24, 2.45) is 0 Å². The highest BCUT2D eigenvalue weighted by Gasteiger charge is 2.31. The van der Waals surface area contributed by atoms with Crippen molar-refractivity contribution in [1.29, 1.82) is 0 Å². The lowest BCUT2D eigenvalue weighted by atomic mass is 10.3. The molecule has 0 unspecified atom stereocenters. The highest BCUT2D eigenvalue weighted by molar-refractivity contribution is 5.91. The van der Waals surface area contributed by atoms with E-state index in [2.05, 4.69) is 24.9 Å². The van der Waals surface area contributed by atoms with Crippen LogP contribution in [-0.2, 0) is 4.79 Å². The normalized spacial score (nSPS) is 15.4. The Morgan fingerprint density at radius 1 is 1.15 bits per heavy atom. The molecule has 2 N–H and O–H groups in total. The zero-order valence-corrected chi connectivity index (χ0v) is 14.4. The van der Waals surface area contributed by atoms with Crippen molar-refractivity contribution >= 4 is 17.5 Å². The summed E-state index contributed by atoms with van der Waals surface area (Å²) in [6, 6.07) is 6.83. The van der Waals surface area contributed by atoms with E-state index >= 15 is 0 Å². The molecule has 2 heterocycles. The van der Waals surface area contributed by atoms with Gasteiger partial charge in [0.25, 0.3) is 5.91 Å². The Balaban J connectivity index is 1.45. The molecular formula is C17H19F3N5O2+. The van der Waals surface area contributed by atoms with Crippen LogP contribution in [0.25, 0.3) is 0 Å². The number of aromatic nitrogens is 2. The van der Waals surface area contributed by atoms with Gasteiger partial charge in [-0.3, -0.25) is 4.79 Å². The number of rotatable bonds is 5. The highest BCUT2D eigenvalue weighted by atomic mass is 19.4. The van der Waals surface area contributed by atoms with Gasteiger partial charge in [0.2, 0.25) is 5.95 Å². The fourth-order valence-electron chi connectivity index (χ4n) is 2.83. The molecule has 0 aliphatic carbocycles. The maximum Gasteiger partial charge on any atom is 0.573 e. The molecule has 0 spiro atoms. The molecule has 1 fully saturated rings. The Morgan fingerprint density at radius 2 is 1.78 bits per heavy atom. The molecule has 27 heavy (non-hydrogen) atoms. The molecule has 0 bridgehead atoms. The first-order valence-corrected chi connectivity index (χ1v) is 8.40. The average Bonchev–Trinajstić information content (AvgIpc) is 2.63. The van der Waals surface area contributed by atoms with Gasteiger partial charge in [-0.25, -0.2) is 9.97 Å². The molecule has 1 aliphatic rings. The Bertz CT molecular complexity index is 747. The van der Waals surface area contributed by atoms with Crippen LogP contribution >= 0.6 is 0 Å². The van der Waals surface area contributed by atoms with Gasteiger partial charge in [-0.05, 0) is 30.3 Å². The van der Waals surface area contributed by atoms with E-state index < -0.39 is 6.36 Å². The molecule has 144 valence electrons. The summed E-state index contributed by atoms with van der Waals surface area (Å²) in [4.78, 5) is 23.8. The first kappa shape index (κ1) is 18.9. The van der Waals surface area contributed by atoms with Gasteiger partial charge in [0.15, 0.2) is 6.54 Å². The molecule has 10 heteroatoms. The molecule has 0 saturated carbocycles. The maximum atomic E-state index is 12.2. The van der Waals surface area contributed by atoms with Crippen LogP contribution in [0.2, 0.25) is 0 Å². The molecule has 7 nitrogen and oxygen atoms in total. The second kappa shape index (κ2) is 8.21. The van der Waals surface area contributed by atoms with Crippen molar-refractivity contribution in [3.63, 3.8) is 0 Å². The second-order valence-electron chi connectivity index (χ2n) is 6.08. The van der Waals surface area contributed by atoms with Gasteiger partial charge in [-0.2, -0.15) is 0 Å².